The maximum absolute atomic E-state index is 12.8. The van der Waals surface area contributed by atoms with Crippen LogP contribution in [0, 0.1) is 10.1 Å². The van der Waals surface area contributed by atoms with E-state index < -0.39 is 20.6 Å². The van der Waals surface area contributed by atoms with Gasteiger partial charge in [0.2, 0.25) is 0 Å². The Hall–Kier alpha value is -4.38. The van der Waals surface area contributed by atoms with Gasteiger partial charge < -0.3 is 9.72 Å². The number of nitrogens with zero attached hydrogens (tertiary/aromatic N) is 2. The third-order valence-electron chi connectivity index (χ3n) is 5.42. The monoisotopic (exact) mass is 493 g/mol. The summed E-state index contributed by atoms with van der Waals surface area (Å²) in [7, 11) is -2.56. The van der Waals surface area contributed by atoms with E-state index in [4.69, 9.17) is 4.74 Å². The van der Waals surface area contributed by atoms with Gasteiger partial charge in [-0.05, 0) is 48.4 Å². The molecule has 0 aliphatic carbocycles. The number of aromatic nitrogens is 1. The largest absolute Gasteiger partial charge is 0.497 e. The van der Waals surface area contributed by atoms with Crippen molar-refractivity contribution in [2.75, 3.05) is 17.3 Å². The van der Waals surface area contributed by atoms with Crippen LogP contribution in [0.25, 0.3) is 10.9 Å². The molecule has 0 saturated heterocycles. The first kappa shape index (κ1) is 23.8. The number of para-hydroxylation sites is 1. The molecule has 0 aliphatic heterocycles. The molecule has 11 heteroatoms. The van der Waals surface area contributed by atoms with Crippen molar-refractivity contribution in [1.82, 2.24) is 4.98 Å². The molecule has 3 N–H and O–H groups in total. The molecule has 0 saturated carbocycles. The summed E-state index contributed by atoms with van der Waals surface area (Å²) in [5.41, 5.74) is 5.58. The number of hydrazone groups is 1. The van der Waals surface area contributed by atoms with E-state index in [9.17, 15) is 18.5 Å². The predicted molar refractivity (Wildman–Crippen MR) is 136 cm³/mol. The van der Waals surface area contributed by atoms with E-state index in [0.717, 1.165) is 29.0 Å². The van der Waals surface area contributed by atoms with E-state index in [0.29, 0.717) is 11.4 Å². The minimum Gasteiger partial charge on any atom is -0.497 e. The molecule has 3 aromatic carbocycles. The number of rotatable bonds is 9. The van der Waals surface area contributed by atoms with Crippen LogP contribution in [0.15, 0.2) is 76.9 Å². The second-order valence-corrected chi connectivity index (χ2v) is 9.26. The molecule has 0 fully saturated rings. The summed E-state index contributed by atoms with van der Waals surface area (Å²) in [5.74, 6) is 0.568. The zero-order chi connectivity index (χ0) is 25.0. The van der Waals surface area contributed by atoms with Crippen molar-refractivity contribution < 1.29 is 18.1 Å². The molecule has 10 nitrogen and oxygen atoms in total. The van der Waals surface area contributed by atoms with Crippen LogP contribution in [0.5, 0.6) is 5.75 Å². The molecule has 35 heavy (non-hydrogen) atoms. The minimum atomic E-state index is -4.06. The molecule has 0 unspecified atom stereocenters. The molecule has 0 bridgehead atoms. The van der Waals surface area contributed by atoms with Gasteiger partial charge in [-0.2, -0.15) is 5.10 Å². The van der Waals surface area contributed by atoms with Crippen molar-refractivity contribution in [2.24, 2.45) is 5.10 Å². The van der Waals surface area contributed by atoms with Crippen molar-refractivity contribution in [3.05, 3.63) is 88.1 Å². The lowest BCUT2D eigenvalue weighted by Gasteiger charge is -2.10. The molecule has 180 valence electrons. The zero-order valence-electron chi connectivity index (χ0n) is 19.0. The summed E-state index contributed by atoms with van der Waals surface area (Å²) in [6, 6.07) is 15.8. The van der Waals surface area contributed by atoms with Gasteiger partial charge in [0.05, 0.1) is 23.1 Å². The fourth-order valence-corrected chi connectivity index (χ4v) is 4.69. The van der Waals surface area contributed by atoms with Crippen molar-refractivity contribution in [2.45, 2.75) is 18.2 Å². The van der Waals surface area contributed by atoms with E-state index in [1.807, 2.05) is 24.4 Å². The summed E-state index contributed by atoms with van der Waals surface area (Å²) < 4.78 is 33.0. The molecule has 0 amide bonds. The SMILES string of the molecule is CCc1cccc2c(C=NNc3ccc(S(=O)(=O)Nc4ccc(OC)cc4)cc3[N+](=O)[O-])c[nH]c12. The van der Waals surface area contributed by atoms with Gasteiger partial charge >= 0.3 is 0 Å². The number of nitro groups is 1. The van der Waals surface area contributed by atoms with Crippen LogP contribution in [0.4, 0.5) is 17.1 Å². The molecule has 4 aromatic rings. The second kappa shape index (κ2) is 9.85. The van der Waals surface area contributed by atoms with Crippen molar-refractivity contribution in [3.63, 3.8) is 0 Å². The number of hydrogen-bond acceptors (Lipinski definition) is 7. The number of aromatic amines is 1. The van der Waals surface area contributed by atoms with Crippen molar-refractivity contribution >= 4 is 44.2 Å². The van der Waals surface area contributed by atoms with Crippen LogP contribution in [-0.2, 0) is 16.4 Å². The summed E-state index contributed by atoms with van der Waals surface area (Å²) in [6.45, 7) is 2.07. The lowest BCUT2D eigenvalue weighted by Crippen LogP contribution is -2.13. The molecule has 0 aliphatic rings. The Labute approximate surface area is 201 Å². The lowest BCUT2D eigenvalue weighted by molar-refractivity contribution is -0.384. The van der Waals surface area contributed by atoms with Gasteiger partial charge in [0.1, 0.15) is 11.4 Å². The van der Waals surface area contributed by atoms with Crippen LogP contribution < -0.4 is 14.9 Å². The quantitative estimate of drug-likeness (QED) is 0.172. The second-order valence-electron chi connectivity index (χ2n) is 7.58. The number of aryl methyl sites for hydroxylation is 1. The first-order valence-electron chi connectivity index (χ1n) is 10.7. The average Bonchev–Trinajstić information content (AvgIpc) is 3.27. The fraction of sp³-hybridized carbons (Fsp3) is 0.125. The molecule has 0 spiro atoms. The highest BCUT2D eigenvalue weighted by Crippen LogP contribution is 2.29. The highest BCUT2D eigenvalue weighted by molar-refractivity contribution is 7.92. The van der Waals surface area contributed by atoms with E-state index in [1.54, 1.807) is 18.3 Å². The normalized spacial score (nSPS) is 11.6. The molecule has 0 atom stereocenters. The van der Waals surface area contributed by atoms with Crippen LogP contribution >= 0.6 is 0 Å². The van der Waals surface area contributed by atoms with Crippen molar-refractivity contribution in [3.8, 4) is 5.75 Å². The van der Waals surface area contributed by atoms with Gasteiger partial charge in [-0.15, -0.1) is 0 Å². The predicted octanol–water partition coefficient (Wildman–Crippen LogP) is 4.89. The summed E-state index contributed by atoms with van der Waals surface area (Å²) >= 11 is 0. The Morgan fingerprint density at radius 3 is 2.60 bits per heavy atom. The van der Waals surface area contributed by atoms with E-state index >= 15 is 0 Å². The average molecular weight is 494 g/mol. The smallest absolute Gasteiger partial charge is 0.295 e. The highest BCUT2D eigenvalue weighted by Gasteiger charge is 2.21. The van der Waals surface area contributed by atoms with Crippen LogP contribution in [-0.4, -0.2) is 31.6 Å². The molecule has 4 rings (SSSR count). The number of sulfonamides is 1. The van der Waals surface area contributed by atoms with Crippen LogP contribution in [0.3, 0.4) is 0 Å². The number of H-pyrrole nitrogens is 1. The number of anilines is 2. The van der Waals surface area contributed by atoms with Crippen molar-refractivity contribution in [1.29, 1.82) is 0 Å². The topological polar surface area (TPSA) is 139 Å². The minimum absolute atomic E-state index is 0.0590. The van der Waals surface area contributed by atoms with Crippen LogP contribution in [0.2, 0.25) is 0 Å². The Bertz CT molecular complexity index is 1510. The summed E-state index contributed by atoms with van der Waals surface area (Å²) in [5, 5.41) is 16.8. The first-order chi connectivity index (χ1) is 16.8. The van der Waals surface area contributed by atoms with Gasteiger partial charge in [-0.1, -0.05) is 25.1 Å². The van der Waals surface area contributed by atoms with Gasteiger partial charge in [0, 0.05) is 34.4 Å². The van der Waals surface area contributed by atoms with Crippen LogP contribution in [0.1, 0.15) is 18.1 Å². The highest BCUT2D eigenvalue weighted by atomic mass is 32.2. The fourth-order valence-electron chi connectivity index (χ4n) is 3.61. The van der Waals surface area contributed by atoms with E-state index in [1.165, 1.54) is 36.9 Å². The van der Waals surface area contributed by atoms with Gasteiger partial charge in [0.25, 0.3) is 15.7 Å². The maximum atomic E-state index is 12.8. The standard InChI is InChI=1S/C24H23N5O5S/c1-3-16-5-4-6-21-17(14-25-24(16)21)15-26-27-22-12-11-20(13-23(22)29(30)31)35(32,33)28-18-7-9-19(34-2)10-8-18/h4-15,25,27-28H,3H2,1-2H3. The van der Waals surface area contributed by atoms with Gasteiger partial charge in [-0.3, -0.25) is 20.3 Å². The Morgan fingerprint density at radius 2 is 1.91 bits per heavy atom. The summed E-state index contributed by atoms with van der Waals surface area (Å²) in [4.78, 5) is 14.0. The Balaban J connectivity index is 1.56. The van der Waals surface area contributed by atoms with Gasteiger partial charge in [-0.25, -0.2) is 8.42 Å². The number of benzene rings is 3. The van der Waals surface area contributed by atoms with Gasteiger partial charge in [0.15, 0.2) is 0 Å². The maximum Gasteiger partial charge on any atom is 0.295 e. The Morgan fingerprint density at radius 1 is 1.14 bits per heavy atom. The number of methoxy groups -OCH3 is 1. The molecule has 1 heterocycles. The lowest BCUT2D eigenvalue weighted by atomic mass is 10.1. The zero-order valence-corrected chi connectivity index (χ0v) is 19.8. The number of ether oxygens (including phenoxy) is 1. The molecule has 0 radical (unpaired) electrons. The third kappa shape index (κ3) is 5.09. The van der Waals surface area contributed by atoms with E-state index in [2.05, 4.69) is 27.2 Å². The molecule has 1 aromatic heterocycles. The Kier molecular flexibility index (Phi) is 6.69. The summed E-state index contributed by atoms with van der Waals surface area (Å²) in [6.07, 6.45) is 4.24. The number of nitrogens with one attached hydrogen (secondary N) is 3. The molecular weight excluding hydrogens is 470 g/mol. The number of fused-ring (bicyclic) bond motifs is 1. The third-order valence-corrected chi connectivity index (χ3v) is 6.80. The first-order valence-corrected chi connectivity index (χ1v) is 12.1. The van der Waals surface area contributed by atoms with E-state index in [-0.39, 0.29) is 10.6 Å². The number of hydrogen-bond donors (Lipinski definition) is 3. The number of nitro benzene ring substituents is 1. The molecular formula is C24H23N5O5S.